The second-order valence-corrected chi connectivity index (χ2v) is 7.54. The Labute approximate surface area is 187 Å². The minimum atomic E-state index is -0.128. The van der Waals surface area contributed by atoms with Crippen molar-refractivity contribution in [2.24, 2.45) is 0 Å². The molecule has 1 aliphatic heterocycles. The van der Waals surface area contributed by atoms with Crippen LogP contribution in [0, 0.1) is 0 Å². The molecule has 0 amide bonds. The Hall–Kier alpha value is -3.10. The second-order valence-electron chi connectivity index (χ2n) is 7.15. The molecular formula is C23H26N4O3S. The van der Waals surface area contributed by atoms with Crippen molar-refractivity contribution in [3.63, 3.8) is 0 Å². The topological polar surface area (TPSA) is 60.8 Å². The largest absolute Gasteiger partial charge is 0.497 e. The van der Waals surface area contributed by atoms with Crippen molar-refractivity contribution in [2.75, 3.05) is 32.8 Å². The van der Waals surface area contributed by atoms with Gasteiger partial charge in [-0.1, -0.05) is 6.07 Å². The Morgan fingerprint density at radius 2 is 1.94 bits per heavy atom. The van der Waals surface area contributed by atoms with Crippen LogP contribution in [0.5, 0.6) is 11.5 Å². The number of pyridine rings is 1. The van der Waals surface area contributed by atoms with E-state index in [1.165, 1.54) is 0 Å². The van der Waals surface area contributed by atoms with Crippen LogP contribution in [-0.2, 0) is 11.3 Å². The lowest BCUT2D eigenvalue weighted by Crippen LogP contribution is -2.31. The summed E-state index contributed by atoms with van der Waals surface area (Å²) in [5.74, 6) is 1.41. The maximum Gasteiger partial charge on any atom is 0.174 e. The van der Waals surface area contributed by atoms with E-state index in [1.807, 2.05) is 42.5 Å². The number of nitrogens with zero attached hydrogens (tertiary/aromatic N) is 3. The minimum Gasteiger partial charge on any atom is -0.497 e. The van der Waals surface area contributed by atoms with Crippen molar-refractivity contribution in [2.45, 2.75) is 18.6 Å². The molecule has 2 atom stereocenters. The number of methoxy groups -OCH3 is 3. The molecule has 7 nitrogen and oxygen atoms in total. The van der Waals surface area contributed by atoms with Gasteiger partial charge in [0.1, 0.15) is 17.5 Å². The first-order valence-electron chi connectivity index (χ1n) is 10.0. The first kappa shape index (κ1) is 21.1. The summed E-state index contributed by atoms with van der Waals surface area (Å²) in [7, 11) is 5.00. The van der Waals surface area contributed by atoms with Crippen LogP contribution in [0.3, 0.4) is 0 Å². The highest BCUT2D eigenvalue weighted by molar-refractivity contribution is 7.80. The van der Waals surface area contributed by atoms with E-state index < -0.39 is 0 Å². The van der Waals surface area contributed by atoms with E-state index >= 15 is 0 Å². The highest BCUT2D eigenvalue weighted by Crippen LogP contribution is 2.45. The normalized spacial score (nSPS) is 18.2. The third-order valence-corrected chi connectivity index (χ3v) is 5.76. The van der Waals surface area contributed by atoms with Gasteiger partial charge in [0.05, 0.1) is 38.2 Å². The molecule has 4 rings (SSSR count). The van der Waals surface area contributed by atoms with E-state index in [0.29, 0.717) is 17.5 Å². The first-order chi connectivity index (χ1) is 15.2. The SMILES string of the molecule is COCCn1cccc1C1C(c2ccccn2)NC(=S)N1c1ccc(OC)cc1OC. The molecule has 0 spiro atoms. The summed E-state index contributed by atoms with van der Waals surface area (Å²) in [4.78, 5) is 6.71. The van der Waals surface area contributed by atoms with E-state index in [2.05, 4.69) is 32.0 Å². The molecule has 0 saturated carbocycles. The molecule has 0 bridgehead atoms. The quantitative estimate of drug-likeness (QED) is 0.538. The van der Waals surface area contributed by atoms with Crippen molar-refractivity contribution in [3.05, 3.63) is 72.3 Å². The summed E-state index contributed by atoms with van der Waals surface area (Å²) in [6.45, 7) is 1.36. The third-order valence-electron chi connectivity index (χ3n) is 5.45. The smallest absolute Gasteiger partial charge is 0.174 e. The van der Waals surface area contributed by atoms with Gasteiger partial charge in [-0.05, 0) is 48.6 Å². The van der Waals surface area contributed by atoms with Crippen molar-refractivity contribution in [3.8, 4) is 11.5 Å². The molecule has 1 N–H and O–H groups in total. The van der Waals surface area contributed by atoms with Gasteiger partial charge in [-0.15, -0.1) is 0 Å². The summed E-state index contributed by atoms with van der Waals surface area (Å²) in [5, 5.41) is 4.10. The van der Waals surface area contributed by atoms with Gasteiger partial charge in [-0.2, -0.15) is 0 Å². The maximum atomic E-state index is 5.82. The molecular weight excluding hydrogens is 412 g/mol. The minimum absolute atomic E-state index is 0.128. The van der Waals surface area contributed by atoms with Crippen LogP contribution < -0.4 is 19.7 Å². The molecule has 1 aliphatic rings. The van der Waals surface area contributed by atoms with E-state index in [9.17, 15) is 0 Å². The van der Waals surface area contributed by atoms with Gasteiger partial charge in [0.25, 0.3) is 0 Å². The standard InChI is InChI=1S/C23H26N4O3S/c1-28-14-13-26-12-6-8-19(26)22-21(17-7-4-5-11-24-17)25-23(31)27(22)18-10-9-16(29-2)15-20(18)30-3/h4-12,15,21-22H,13-14H2,1-3H3,(H,25,31). The van der Waals surface area contributed by atoms with E-state index in [4.69, 9.17) is 26.4 Å². The number of ether oxygens (including phenoxy) is 3. The Balaban J connectivity index is 1.84. The summed E-state index contributed by atoms with van der Waals surface area (Å²) in [6.07, 6.45) is 3.87. The first-order valence-corrected chi connectivity index (χ1v) is 10.5. The molecule has 0 radical (unpaired) electrons. The highest BCUT2D eigenvalue weighted by atomic mass is 32.1. The number of benzene rings is 1. The molecule has 1 aromatic carbocycles. The Kier molecular flexibility index (Phi) is 6.39. The average molecular weight is 439 g/mol. The number of hydrogen-bond acceptors (Lipinski definition) is 5. The fourth-order valence-electron chi connectivity index (χ4n) is 3.99. The van der Waals surface area contributed by atoms with Crippen molar-refractivity contribution >= 4 is 23.0 Å². The average Bonchev–Trinajstić information content (AvgIpc) is 3.41. The van der Waals surface area contributed by atoms with Gasteiger partial charge in [-0.3, -0.25) is 4.98 Å². The fraction of sp³-hybridized carbons (Fsp3) is 0.304. The molecule has 2 unspecified atom stereocenters. The molecule has 1 fully saturated rings. The van der Waals surface area contributed by atoms with Gasteiger partial charge in [0, 0.05) is 37.8 Å². The van der Waals surface area contributed by atoms with Gasteiger partial charge < -0.3 is 29.0 Å². The lowest BCUT2D eigenvalue weighted by molar-refractivity contribution is 0.186. The number of rotatable bonds is 8. The van der Waals surface area contributed by atoms with Crippen LogP contribution in [0.4, 0.5) is 5.69 Å². The van der Waals surface area contributed by atoms with Crippen LogP contribution in [0.1, 0.15) is 23.5 Å². The lowest BCUT2D eigenvalue weighted by Gasteiger charge is -2.30. The van der Waals surface area contributed by atoms with E-state index in [-0.39, 0.29) is 12.1 Å². The zero-order valence-corrected chi connectivity index (χ0v) is 18.6. The Morgan fingerprint density at radius 3 is 2.65 bits per heavy atom. The highest BCUT2D eigenvalue weighted by Gasteiger charge is 2.43. The molecule has 162 valence electrons. The number of aromatic nitrogens is 2. The van der Waals surface area contributed by atoms with Gasteiger partial charge in [0.2, 0.25) is 0 Å². The summed E-state index contributed by atoms with van der Waals surface area (Å²) in [6, 6.07) is 15.6. The second kappa shape index (κ2) is 9.36. The summed E-state index contributed by atoms with van der Waals surface area (Å²) < 4.78 is 18.6. The molecule has 2 aromatic heterocycles. The predicted octanol–water partition coefficient (Wildman–Crippen LogP) is 3.72. The van der Waals surface area contributed by atoms with Crippen LogP contribution >= 0.6 is 12.2 Å². The zero-order valence-electron chi connectivity index (χ0n) is 17.8. The van der Waals surface area contributed by atoms with E-state index in [1.54, 1.807) is 27.5 Å². The van der Waals surface area contributed by atoms with Crippen LogP contribution in [0.25, 0.3) is 0 Å². The lowest BCUT2D eigenvalue weighted by atomic mass is 10.0. The van der Waals surface area contributed by atoms with E-state index in [0.717, 1.165) is 29.4 Å². The van der Waals surface area contributed by atoms with Crippen molar-refractivity contribution in [1.82, 2.24) is 14.9 Å². The Morgan fingerprint density at radius 1 is 1.06 bits per heavy atom. The third kappa shape index (κ3) is 4.08. The number of thiocarbonyl (C=S) groups is 1. The molecule has 31 heavy (non-hydrogen) atoms. The monoisotopic (exact) mass is 438 g/mol. The molecule has 3 heterocycles. The van der Waals surface area contributed by atoms with Gasteiger partial charge in [-0.25, -0.2) is 0 Å². The summed E-state index contributed by atoms with van der Waals surface area (Å²) in [5.41, 5.74) is 2.89. The van der Waals surface area contributed by atoms with Crippen molar-refractivity contribution in [1.29, 1.82) is 0 Å². The van der Waals surface area contributed by atoms with Crippen molar-refractivity contribution < 1.29 is 14.2 Å². The summed E-state index contributed by atoms with van der Waals surface area (Å²) >= 11 is 5.82. The van der Waals surface area contributed by atoms with Crippen LogP contribution in [0.2, 0.25) is 0 Å². The van der Waals surface area contributed by atoms with Gasteiger partial charge in [0.15, 0.2) is 5.11 Å². The Bertz CT molecular complexity index is 1040. The molecule has 1 saturated heterocycles. The zero-order chi connectivity index (χ0) is 21.8. The van der Waals surface area contributed by atoms with Crippen LogP contribution in [-0.4, -0.2) is 42.6 Å². The fourth-order valence-corrected chi connectivity index (χ4v) is 4.33. The molecule has 0 aliphatic carbocycles. The number of anilines is 1. The maximum absolute atomic E-state index is 5.82. The molecule has 3 aromatic rings. The number of hydrogen-bond donors (Lipinski definition) is 1. The van der Waals surface area contributed by atoms with Crippen LogP contribution in [0.15, 0.2) is 60.9 Å². The predicted molar refractivity (Wildman–Crippen MR) is 124 cm³/mol. The van der Waals surface area contributed by atoms with Gasteiger partial charge >= 0.3 is 0 Å². The number of nitrogens with one attached hydrogen (secondary N) is 1. The molecule has 8 heteroatoms.